The van der Waals surface area contributed by atoms with Crippen LogP contribution in [0.5, 0.6) is 0 Å². The minimum Gasteiger partial charge on any atom is -0.339 e. The zero-order valence-electron chi connectivity index (χ0n) is 14.6. The molecule has 0 aromatic heterocycles. The molecule has 7 heteroatoms. The van der Waals surface area contributed by atoms with Crippen LogP contribution in [0.1, 0.15) is 36.8 Å². The highest BCUT2D eigenvalue weighted by atomic mass is 19.4. The molecule has 1 aromatic carbocycles. The quantitative estimate of drug-likeness (QED) is 0.823. The number of piperazine rings is 1. The van der Waals surface area contributed by atoms with Crippen molar-refractivity contribution in [2.75, 3.05) is 26.2 Å². The number of benzene rings is 1. The molecule has 1 saturated heterocycles. The smallest absolute Gasteiger partial charge is 0.339 e. The molecule has 1 heterocycles. The number of alkyl halides is 3. The molecule has 0 unspecified atom stereocenters. The summed E-state index contributed by atoms with van der Waals surface area (Å²) in [5, 5.41) is 0. The van der Waals surface area contributed by atoms with Crippen LogP contribution in [0, 0.1) is 5.92 Å². The summed E-state index contributed by atoms with van der Waals surface area (Å²) in [5.74, 6) is 0.236. The van der Waals surface area contributed by atoms with E-state index in [2.05, 4.69) is 0 Å². The minimum absolute atomic E-state index is 0.0781. The maximum absolute atomic E-state index is 12.6. The molecule has 0 atom stereocenters. The Hall–Kier alpha value is -2.05. The van der Waals surface area contributed by atoms with E-state index in [0.29, 0.717) is 31.7 Å². The Bertz CT molecular complexity index is 644. The van der Waals surface area contributed by atoms with Gasteiger partial charge in [0.25, 0.3) is 0 Å². The minimum atomic E-state index is -4.37. The zero-order chi connectivity index (χ0) is 18.7. The average Bonchev–Trinajstić information content (AvgIpc) is 3.15. The van der Waals surface area contributed by atoms with Gasteiger partial charge in [0.15, 0.2) is 0 Å². The number of amides is 2. The second-order valence-electron chi connectivity index (χ2n) is 7.06. The maximum Gasteiger partial charge on any atom is 0.416 e. The van der Waals surface area contributed by atoms with Gasteiger partial charge < -0.3 is 9.80 Å². The van der Waals surface area contributed by atoms with Crippen LogP contribution in [0.25, 0.3) is 0 Å². The van der Waals surface area contributed by atoms with E-state index in [0.717, 1.165) is 37.8 Å². The van der Waals surface area contributed by atoms with E-state index in [9.17, 15) is 22.8 Å². The Morgan fingerprint density at radius 2 is 1.46 bits per heavy atom. The lowest BCUT2D eigenvalue weighted by Crippen LogP contribution is -2.52. The normalized spacial score (nSPS) is 19.0. The molecule has 1 saturated carbocycles. The molecule has 26 heavy (non-hydrogen) atoms. The molecule has 1 aromatic rings. The van der Waals surface area contributed by atoms with Crippen molar-refractivity contribution in [3.63, 3.8) is 0 Å². The van der Waals surface area contributed by atoms with Gasteiger partial charge >= 0.3 is 6.18 Å². The summed E-state index contributed by atoms with van der Waals surface area (Å²) in [7, 11) is 0. The zero-order valence-corrected chi connectivity index (χ0v) is 14.6. The van der Waals surface area contributed by atoms with Gasteiger partial charge in [0.05, 0.1) is 12.0 Å². The summed E-state index contributed by atoms with van der Waals surface area (Å²) in [6.07, 6.45) is -0.138. The summed E-state index contributed by atoms with van der Waals surface area (Å²) in [4.78, 5) is 28.3. The van der Waals surface area contributed by atoms with E-state index in [4.69, 9.17) is 0 Å². The summed E-state index contributed by atoms with van der Waals surface area (Å²) in [6, 6.07) is 4.70. The van der Waals surface area contributed by atoms with Crippen LogP contribution in [0.4, 0.5) is 13.2 Å². The predicted octanol–water partition coefficient (Wildman–Crippen LogP) is 3.11. The third kappa shape index (κ3) is 4.37. The monoisotopic (exact) mass is 368 g/mol. The van der Waals surface area contributed by atoms with E-state index in [1.54, 1.807) is 4.90 Å². The van der Waals surface area contributed by atoms with E-state index in [1.807, 2.05) is 4.90 Å². The van der Waals surface area contributed by atoms with Crippen LogP contribution in [0.3, 0.4) is 0 Å². The van der Waals surface area contributed by atoms with E-state index in [-0.39, 0.29) is 24.2 Å². The third-order valence-corrected chi connectivity index (χ3v) is 5.29. The number of carbonyl (C=O) groups excluding carboxylic acids is 2. The number of carbonyl (C=O) groups is 2. The largest absolute Gasteiger partial charge is 0.416 e. The molecule has 3 rings (SSSR count). The molecular weight excluding hydrogens is 345 g/mol. The highest BCUT2D eigenvalue weighted by Gasteiger charge is 2.31. The molecule has 1 aliphatic carbocycles. The van der Waals surface area contributed by atoms with Crippen molar-refractivity contribution < 1.29 is 22.8 Å². The molecule has 4 nitrogen and oxygen atoms in total. The second-order valence-corrected chi connectivity index (χ2v) is 7.06. The van der Waals surface area contributed by atoms with Crippen LogP contribution in [-0.2, 0) is 22.2 Å². The molecule has 2 amide bonds. The first-order valence-corrected chi connectivity index (χ1v) is 9.07. The SMILES string of the molecule is O=C(Cc1ccc(C(F)(F)F)cc1)N1CCN(C(=O)C2CCCC2)CC1. The van der Waals surface area contributed by atoms with Crippen molar-refractivity contribution in [3.05, 3.63) is 35.4 Å². The molecule has 2 aliphatic rings. The van der Waals surface area contributed by atoms with E-state index in [1.165, 1.54) is 12.1 Å². The lowest BCUT2D eigenvalue weighted by Gasteiger charge is -2.36. The fraction of sp³-hybridized carbons (Fsp3) is 0.579. The second kappa shape index (κ2) is 7.68. The van der Waals surface area contributed by atoms with Gasteiger partial charge in [0, 0.05) is 32.1 Å². The van der Waals surface area contributed by atoms with Crippen molar-refractivity contribution in [1.29, 1.82) is 0 Å². The molecule has 2 fully saturated rings. The van der Waals surface area contributed by atoms with Crippen molar-refractivity contribution in [1.82, 2.24) is 9.80 Å². The summed E-state index contributed by atoms with van der Waals surface area (Å²) in [6.45, 7) is 2.04. The van der Waals surface area contributed by atoms with E-state index < -0.39 is 11.7 Å². The fourth-order valence-corrected chi connectivity index (χ4v) is 3.71. The number of hydrogen-bond acceptors (Lipinski definition) is 2. The van der Waals surface area contributed by atoms with Gasteiger partial charge in [-0.15, -0.1) is 0 Å². The van der Waals surface area contributed by atoms with Gasteiger partial charge in [-0.1, -0.05) is 25.0 Å². The van der Waals surface area contributed by atoms with Crippen molar-refractivity contribution in [3.8, 4) is 0 Å². The van der Waals surface area contributed by atoms with E-state index >= 15 is 0 Å². The van der Waals surface area contributed by atoms with Gasteiger partial charge in [0.1, 0.15) is 0 Å². The number of rotatable bonds is 3. The first-order chi connectivity index (χ1) is 12.3. The molecule has 142 valence electrons. The predicted molar refractivity (Wildman–Crippen MR) is 90.3 cm³/mol. The van der Waals surface area contributed by atoms with Gasteiger partial charge in [0.2, 0.25) is 11.8 Å². The molecule has 0 bridgehead atoms. The van der Waals surface area contributed by atoms with Crippen LogP contribution < -0.4 is 0 Å². The topological polar surface area (TPSA) is 40.6 Å². The Balaban J connectivity index is 1.50. The number of halogens is 3. The van der Waals surface area contributed by atoms with Crippen LogP contribution in [0.2, 0.25) is 0 Å². The Labute approximate surface area is 151 Å². The highest BCUT2D eigenvalue weighted by molar-refractivity contribution is 5.81. The third-order valence-electron chi connectivity index (χ3n) is 5.29. The standard InChI is InChI=1S/C19H23F3N2O2/c20-19(21,22)16-7-5-14(6-8-16)13-17(25)23-9-11-24(12-10-23)18(26)15-3-1-2-4-15/h5-8,15H,1-4,9-13H2. The Morgan fingerprint density at radius 3 is 2.00 bits per heavy atom. The van der Waals surface area contributed by atoms with Gasteiger partial charge in [-0.05, 0) is 30.5 Å². The van der Waals surface area contributed by atoms with Crippen molar-refractivity contribution in [2.45, 2.75) is 38.3 Å². The first-order valence-electron chi connectivity index (χ1n) is 9.07. The van der Waals surface area contributed by atoms with Crippen LogP contribution in [0.15, 0.2) is 24.3 Å². The van der Waals surface area contributed by atoms with Crippen LogP contribution >= 0.6 is 0 Å². The highest BCUT2D eigenvalue weighted by Crippen LogP contribution is 2.29. The lowest BCUT2D eigenvalue weighted by molar-refractivity contribution is -0.141. The van der Waals surface area contributed by atoms with Crippen molar-refractivity contribution in [2.24, 2.45) is 5.92 Å². The summed E-state index contributed by atoms with van der Waals surface area (Å²) < 4.78 is 37.7. The average molecular weight is 368 g/mol. The summed E-state index contributed by atoms with van der Waals surface area (Å²) in [5.41, 5.74) is -0.153. The Kier molecular flexibility index (Phi) is 5.53. The molecular formula is C19H23F3N2O2. The molecule has 0 N–H and O–H groups in total. The fourth-order valence-electron chi connectivity index (χ4n) is 3.71. The first kappa shape index (κ1) is 18.7. The van der Waals surface area contributed by atoms with Gasteiger partial charge in [-0.3, -0.25) is 9.59 Å². The molecule has 1 aliphatic heterocycles. The lowest BCUT2D eigenvalue weighted by atomic mass is 10.1. The summed E-state index contributed by atoms with van der Waals surface area (Å²) >= 11 is 0. The van der Waals surface area contributed by atoms with Gasteiger partial charge in [-0.25, -0.2) is 0 Å². The Morgan fingerprint density at radius 1 is 0.923 bits per heavy atom. The molecule has 0 radical (unpaired) electrons. The number of nitrogens with zero attached hydrogens (tertiary/aromatic N) is 2. The number of hydrogen-bond donors (Lipinski definition) is 0. The van der Waals surface area contributed by atoms with Crippen molar-refractivity contribution >= 4 is 11.8 Å². The maximum atomic E-state index is 12.6. The van der Waals surface area contributed by atoms with Gasteiger partial charge in [-0.2, -0.15) is 13.2 Å². The van der Waals surface area contributed by atoms with Crippen LogP contribution in [-0.4, -0.2) is 47.8 Å². The molecule has 0 spiro atoms.